The summed E-state index contributed by atoms with van der Waals surface area (Å²) in [5.41, 5.74) is 0. The van der Waals surface area contributed by atoms with Crippen molar-refractivity contribution in [3.63, 3.8) is 0 Å². The summed E-state index contributed by atoms with van der Waals surface area (Å²) in [5, 5.41) is 15.9. The van der Waals surface area contributed by atoms with Gasteiger partial charge in [0.2, 0.25) is 5.91 Å². The van der Waals surface area contributed by atoms with Crippen LogP contribution < -0.4 is 10.6 Å². The second-order valence-corrected chi connectivity index (χ2v) is 5.08. The normalized spacial score (nSPS) is 44.1. The second kappa shape index (κ2) is 4.31. The van der Waals surface area contributed by atoms with Crippen molar-refractivity contribution >= 4 is 5.91 Å². The topological polar surface area (TPSA) is 64.6 Å². The van der Waals surface area contributed by atoms with Crippen LogP contribution in [0.5, 0.6) is 0 Å². The van der Waals surface area contributed by atoms with E-state index in [1.807, 2.05) is 11.9 Å². The lowest BCUT2D eigenvalue weighted by molar-refractivity contribution is -0.120. The molecule has 0 aromatic heterocycles. The Balaban J connectivity index is 2.13. The van der Waals surface area contributed by atoms with Crippen molar-refractivity contribution in [3.05, 3.63) is 0 Å². The number of nitrogens with zero attached hydrogens (tertiary/aromatic N) is 1. The summed E-state index contributed by atoms with van der Waals surface area (Å²) in [6.07, 6.45) is 1.57. The molecule has 2 fully saturated rings. The maximum absolute atomic E-state index is 11.2. The predicted octanol–water partition coefficient (Wildman–Crippen LogP) is -0.531. The molecule has 1 aliphatic heterocycles. The van der Waals surface area contributed by atoms with Crippen molar-refractivity contribution in [2.75, 3.05) is 7.05 Å². The maximum atomic E-state index is 11.2. The third kappa shape index (κ3) is 1.95. The first kappa shape index (κ1) is 11.8. The Morgan fingerprint density at radius 2 is 2.19 bits per heavy atom. The van der Waals surface area contributed by atoms with E-state index in [2.05, 4.69) is 17.6 Å². The van der Waals surface area contributed by atoms with Crippen LogP contribution in [0.4, 0.5) is 0 Å². The van der Waals surface area contributed by atoms with Gasteiger partial charge in [0.05, 0.1) is 0 Å². The fourth-order valence-electron chi connectivity index (χ4n) is 3.00. The Morgan fingerprint density at radius 3 is 2.81 bits per heavy atom. The Kier molecular flexibility index (Phi) is 3.19. The van der Waals surface area contributed by atoms with Gasteiger partial charge in [0.25, 0.3) is 0 Å². The van der Waals surface area contributed by atoms with Gasteiger partial charge in [-0.25, -0.2) is 0 Å². The zero-order valence-corrected chi connectivity index (χ0v) is 10.1. The minimum Gasteiger partial charge on any atom is -0.365 e. The lowest BCUT2D eigenvalue weighted by Crippen LogP contribution is -2.58. The standard InChI is InChI=1S/C11H21N3O2/c1-6-4-5-8-10(9(6)12-7(2)15)13-11(16)14(8)3/h6,8-11,13,16H,4-5H2,1-3H3,(H,12,15)/t6-,8?,9?,10+,11-/m0/s1. The largest absolute Gasteiger partial charge is 0.365 e. The Hall–Kier alpha value is -0.650. The molecule has 92 valence electrons. The SMILES string of the molecule is CC(=O)NC1[C@@H]2N[C@H](O)N(C)C2CC[C@@H]1C. The van der Waals surface area contributed by atoms with Crippen LogP contribution >= 0.6 is 0 Å². The van der Waals surface area contributed by atoms with Crippen molar-refractivity contribution < 1.29 is 9.90 Å². The van der Waals surface area contributed by atoms with E-state index in [0.717, 1.165) is 12.8 Å². The van der Waals surface area contributed by atoms with E-state index in [1.165, 1.54) is 0 Å². The van der Waals surface area contributed by atoms with Crippen LogP contribution in [0.2, 0.25) is 0 Å². The van der Waals surface area contributed by atoms with Gasteiger partial charge in [0.15, 0.2) is 6.35 Å². The molecule has 5 nitrogen and oxygen atoms in total. The molecule has 5 atom stereocenters. The maximum Gasteiger partial charge on any atom is 0.217 e. The molecule has 0 aromatic rings. The minimum atomic E-state index is -0.587. The summed E-state index contributed by atoms with van der Waals surface area (Å²) >= 11 is 0. The molecule has 2 aliphatic rings. The van der Waals surface area contributed by atoms with E-state index in [0.29, 0.717) is 12.0 Å². The number of hydrogen-bond acceptors (Lipinski definition) is 4. The molecule has 3 N–H and O–H groups in total. The Labute approximate surface area is 96.2 Å². The van der Waals surface area contributed by atoms with E-state index in [-0.39, 0.29) is 18.0 Å². The smallest absolute Gasteiger partial charge is 0.217 e. The van der Waals surface area contributed by atoms with Crippen LogP contribution in [-0.2, 0) is 4.79 Å². The van der Waals surface area contributed by atoms with Gasteiger partial charge in [0, 0.05) is 25.0 Å². The van der Waals surface area contributed by atoms with Gasteiger partial charge >= 0.3 is 0 Å². The number of carbonyl (C=O) groups excluding carboxylic acids is 1. The van der Waals surface area contributed by atoms with Gasteiger partial charge in [-0.15, -0.1) is 0 Å². The number of likely N-dealkylation sites (N-methyl/N-ethyl adjacent to an activating group) is 1. The molecular formula is C11H21N3O2. The zero-order chi connectivity index (χ0) is 11.9. The van der Waals surface area contributed by atoms with E-state index in [1.54, 1.807) is 6.92 Å². The number of fused-ring (bicyclic) bond motifs is 1. The van der Waals surface area contributed by atoms with Crippen LogP contribution in [0, 0.1) is 5.92 Å². The molecule has 0 bridgehead atoms. The molecule has 0 spiro atoms. The van der Waals surface area contributed by atoms with Gasteiger partial charge in [-0.3, -0.25) is 15.0 Å². The quantitative estimate of drug-likeness (QED) is 0.563. The van der Waals surface area contributed by atoms with Crippen molar-refractivity contribution in [1.29, 1.82) is 0 Å². The summed E-state index contributed by atoms with van der Waals surface area (Å²) in [6.45, 7) is 3.70. The van der Waals surface area contributed by atoms with E-state index >= 15 is 0 Å². The van der Waals surface area contributed by atoms with Crippen molar-refractivity contribution in [2.45, 2.75) is 51.2 Å². The average molecular weight is 227 g/mol. The molecule has 1 saturated heterocycles. The summed E-state index contributed by atoms with van der Waals surface area (Å²) < 4.78 is 0. The van der Waals surface area contributed by atoms with Crippen molar-refractivity contribution in [2.24, 2.45) is 5.92 Å². The lowest BCUT2D eigenvalue weighted by atomic mass is 9.79. The molecular weight excluding hydrogens is 206 g/mol. The summed E-state index contributed by atoms with van der Waals surface area (Å²) in [6, 6.07) is 0.603. The van der Waals surface area contributed by atoms with E-state index in [9.17, 15) is 9.90 Å². The highest BCUT2D eigenvalue weighted by molar-refractivity contribution is 5.73. The number of aliphatic hydroxyl groups excluding tert-OH is 1. The number of aliphatic hydroxyl groups is 1. The highest BCUT2D eigenvalue weighted by Crippen LogP contribution is 2.31. The molecule has 2 rings (SSSR count). The third-order valence-electron chi connectivity index (χ3n) is 3.95. The van der Waals surface area contributed by atoms with E-state index in [4.69, 9.17) is 0 Å². The van der Waals surface area contributed by atoms with Crippen LogP contribution in [0.1, 0.15) is 26.7 Å². The second-order valence-electron chi connectivity index (χ2n) is 5.08. The number of carbonyl (C=O) groups is 1. The molecule has 16 heavy (non-hydrogen) atoms. The highest BCUT2D eigenvalue weighted by atomic mass is 16.3. The first-order valence-corrected chi connectivity index (χ1v) is 5.94. The van der Waals surface area contributed by atoms with Crippen LogP contribution in [-0.4, -0.2) is 47.4 Å². The monoisotopic (exact) mass is 227 g/mol. The number of rotatable bonds is 1. The Morgan fingerprint density at radius 1 is 1.50 bits per heavy atom. The van der Waals surface area contributed by atoms with Crippen LogP contribution in [0.15, 0.2) is 0 Å². The molecule has 5 heteroatoms. The summed E-state index contributed by atoms with van der Waals surface area (Å²) in [4.78, 5) is 13.1. The predicted molar refractivity (Wildman–Crippen MR) is 60.5 cm³/mol. The molecule has 0 aromatic carbocycles. The Bertz CT molecular complexity index is 284. The summed E-state index contributed by atoms with van der Waals surface area (Å²) in [7, 11) is 1.92. The van der Waals surface area contributed by atoms with Gasteiger partial charge in [-0.2, -0.15) is 0 Å². The van der Waals surface area contributed by atoms with Gasteiger partial charge in [-0.05, 0) is 25.8 Å². The fourth-order valence-corrected chi connectivity index (χ4v) is 3.00. The van der Waals surface area contributed by atoms with Crippen molar-refractivity contribution in [1.82, 2.24) is 15.5 Å². The molecule has 1 heterocycles. The molecule has 0 radical (unpaired) electrons. The van der Waals surface area contributed by atoms with Crippen molar-refractivity contribution in [3.8, 4) is 0 Å². The van der Waals surface area contributed by atoms with Gasteiger partial charge in [0.1, 0.15) is 0 Å². The van der Waals surface area contributed by atoms with Gasteiger partial charge in [-0.1, -0.05) is 6.92 Å². The fraction of sp³-hybridized carbons (Fsp3) is 0.909. The van der Waals surface area contributed by atoms with Crippen LogP contribution in [0.3, 0.4) is 0 Å². The average Bonchev–Trinajstić information content (AvgIpc) is 2.48. The van der Waals surface area contributed by atoms with E-state index < -0.39 is 6.35 Å². The summed E-state index contributed by atoms with van der Waals surface area (Å²) in [5.74, 6) is 0.458. The number of amides is 1. The molecule has 2 unspecified atom stereocenters. The first-order valence-electron chi connectivity index (χ1n) is 5.94. The number of hydrogen-bond donors (Lipinski definition) is 3. The van der Waals surface area contributed by atoms with Gasteiger partial charge < -0.3 is 10.4 Å². The lowest BCUT2D eigenvalue weighted by Gasteiger charge is -2.39. The molecule has 1 amide bonds. The number of nitrogens with one attached hydrogen (secondary N) is 2. The molecule has 1 aliphatic carbocycles. The molecule has 1 saturated carbocycles. The zero-order valence-electron chi connectivity index (χ0n) is 10.1. The third-order valence-corrected chi connectivity index (χ3v) is 3.95. The highest BCUT2D eigenvalue weighted by Gasteiger charge is 2.46. The first-order chi connectivity index (χ1) is 7.50. The van der Waals surface area contributed by atoms with Crippen LogP contribution in [0.25, 0.3) is 0 Å². The minimum absolute atomic E-state index is 0.00310.